The minimum atomic E-state index is -4.32. The van der Waals surface area contributed by atoms with E-state index in [1.54, 1.807) is 24.3 Å². The Kier molecular flexibility index (Phi) is 3.78. The topological polar surface area (TPSA) is 78.2 Å². The average molecular weight is 275 g/mol. The maximum atomic E-state index is 11.3. The summed E-state index contributed by atoms with van der Waals surface area (Å²) in [6.45, 7) is 0. The minimum Gasteiger partial charge on any atom is -0.303 e. The lowest BCUT2D eigenvalue weighted by Crippen LogP contribution is -2.31. The van der Waals surface area contributed by atoms with Gasteiger partial charge in [0, 0.05) is 0 Å². The van der Waals surface area contributed by atoms with Crippen molar-refractivity contribution in [3.8, 4) is 0 Å². The van der Waals surface area contributed by atoms with Crippen LogP contribution in [0.25, 0.3) is 6.08 Å². The summed E-state index contributed by atoms with van der Waals surface area (Å²) in [6.07, 6.45) is 7.88. The fourth-order valence-corrected chi connectivity index (χ4v) is 2.75. The number of benzene rings is 1. The molecule has 0 amide bonds. The molecule has 1 aromatic carbocycles. The first-order chi connectivity index (χ1) is 8.98. The molecule has 0 aliphatic heterocycles. The van der Waals surface area contributed by atoms with Gasteiger partial charge in [-0.25, -0.2) is 0 Å². The van der Waals surface area contributed by atoms with Gasteiger partial charge in [-0.1, -0.05) is 54.6 Å². The van der Waals surface area contributed by atoms with E-state index in [2.05, 4.69) is 0 Å². The van der Waals surface area contributed by atoms with Gasteiger partial charge >= 0.3 is 0 Å². The van der Waals surface area contributed by atoms with Gasteiger partial charge in [0.1, 0.15) is 0 Å². The van der Waals surface area contributed by atoms with Crippen LogP contribution < -0.4 is 0 Å². The van der Waals surface area contributed by atoms with Gasteiger partial charge in [-0.3, -0.25) is 4.55 Å². The van der Waals surface area contributed by atoms with Gasteiger partial charge < -0.3 is 5.41 Å². The van der Waals surface area contributed by atoms with Crippen molar-refractivity contribution in [2.75, 3.05) is 0 Å². The van der Waals surface area contributed by atoms with Crippen LogP contribution in [0.5, 0.6) is 0 Å². The molecule has 0 saturated heterocycles. The molecule has 5 heteroatoms. The van der Waals surface area contributed by atoms with Crippen LogP contribution >= 0.6 is 0 Å². The standard InChI is InChI=1S/C14H13NO3S/c15-13-8-4-7-12(14(13)19(16,17)18)10-9-11-5-2-1-3-6-11/h1-10,14-15H,(H,16,17,18). The Morgan fingerprint density at radius 2 is 1.84 bits per heavy atom. The molecule has 1 aromatic rings. The highest BCUT2D eigenvalue weighted by Crippen LogP contribution is 2.20. The second-order valence-electron chi connectivity index (χ2n) is 4.12. The van der Waals surface area contributed by atoms with Crippen LogP contribution in [0.15, 0.2) is 60.2 Å². The highest BCUT2D eigenvalue weighted by molar-refractivity contribution is 7.87. The van der Waals surface area contributed by atoms with Gasteiger partial charge in [0.05, 0.1) is 5.71 Å². The monoisotopic (exact) mass is 275 g/mol. The Balaban J connectivity index is 2.32. The third kappa shape index (κ3) is 3.27. The fraction of sp³-hybridized carbons (Fsp3) is 0.0714. The zero-order valence-corrected chi connectivity index (χ0v) is 10.8. The number of hydrogen-bond donors (Lipinski definition) is 2. The molecule has 0 spiro atoms. The molecule has 19 heavy (non-hydrogen) atoms. The van der Waals surface area contributed by atoms with E-state index in [1.807, 2.05) is 30.3 Å². The molecule has 1 aliphatic rings. The minimum absolute atomic E-state index is 0.141. The van der Waals surface area contributed by atoms with Gasteiger partial charge in [-0.15, -0.1) is 0 Å². The molecule has 1 unspecified atom stereocenters. The van der Waals surface area contributed by atoms with E-state index in [9.17, 15) is 13.0 Å². The lowest BCUT2D eigenvalue weighted by Gasteiger charge is -2.16. The molecule has 0 radical (unpaired) electrons. The van der Waals surface area contributed by atoms with E-state index >= 15 is 0 Å². The van der Waals surface area contributed by atoms with Gasteiger partial charge in [-0.05, 0) is 17.2 Å². The molecule has 1 atom stereocenters. The normalized spacial score (nSPS) is 19.7. The lowest BCUT2D eigenvalue weighted by molar-refractivity contribution is 0.481. The second-order valence-corrected chi connectivity index (χ2v) is 5.62. The van der Waals surface area contributed by atoms with Crippen LogP contribution in [0.1, 0.15) is 5.56 Å². The van der Waals surface area contributed by atoms with Crippen molar-refractivity contribution in [2.45, 2.75) is 5.25 Å². The predicted octanol–water partition coefficient (Wildman–Crippen LogP) is 2.47. The molecule has 0 bridgehead atoms. The molecule has 98 valence electrons. The Morgan fingerprint density at radius 1 is 1.16 bits per heavy atom. The molecular weight excluding hydrogens is 262 g/mol. The molecule has 2 N–H and O–H groups in total. The molecule has 0 heterocycles. The average Bonchev–Trinajstić information content (AvgIpc) is 2.36. The highest BCUT2D eigenvalue weighted by atomic mass is 32.2. The van der Waals surface area contributed by atoms with Gasteiger partial charge in [0.25, 0.3) is 10.1 Å². The smallest absolute Gasteiger partial charge is 0.277 e. The summed E-state index contributed by atoms with van der Waals surface area (Å²) in [7, 11) is -4.32. The SMILES string of the molecule is N=C1C=CC=C(C=Cc2ccccc2)C1S(=O)(=O)O. The largest absolute Gasteiger partial charge is 0.303 e. The Bertz CT molecular complexity index is 670. The number of rotatable bonds is 3. The predicted molar refractivity (Wildman–Crippen MR) is 75.8 cm³/mol. The van der Waals surface area contributed by atoms with E-state index in [4.69, 9.17) is 5.41 Å². The number of hydrogen-bond acceptors (Lipinski definition) is 3. The third-order valence-electron chi connectivity index (χ3n) is 2.72. The molecule has 1 aliphatic carbocycles. The third-order valence-corrected chi connectivity index (χ3v) is 3.84. The van der Waals surface area contributed by atoms with E-state index in [-0.39, 0.29) is 5.71 Å². The first-order valence-electron chi connectivity index (χ1n) is 5.64. The summed E-state index contributed by atoms with van der Waals surface area (Å²) in [6, 6.07) is 9.39. The Labute approximate surface area is 112 Å². The van der Waals surface area contributed by atoms with Gasteiger partial charge in [0.2, 0.25) is 0 Å². The molecule has 0 saturated carbocycles. The van der Waals surface area contributed by atoms with Crippen LogP contribution in [0.3, 0.4) is 0 Å². The fourth-order valence-electron chi connectivity index (χ4n) is 1.85. The van der Waals surface area contributed by atoms with Gasteiger partial charge in [0.15, 0.2) is 5.25 Å². The molecule has 2 rings (SSSR count). The quantitative estimate of drug-likeness (QED) is 0.832. The van der Waals surface area contributed by atoms with Crippen molar-refractivity contribution in [2.24, 2.45) is 0 Å². The first kappa shape index (κ1) is 13.5. The number of allylic oxidation sites excluding steroid dienone is 4. The summed E-state index contributed by atoms with van der Waals surface area (Å²) >= 11 is 0. The summed E-state index contributed by atoms with van der Waals surface area (Å²) in [5, 5.41) is 6.31. The van der Waals surface area contributed by atoms with Crippen molar-refractivity contribution in [1.29, 1.82) is 5.41 Å². The van der Waals surface area contributed by atoms with Crippen LogP contribution in [-0.4, -0.2) is 23.9 Å². The summed E-state index contributed by atoms with van der Waals surface area (Å²) in [5.74, 6) is 0. The van der Waals surface area contributed by atoms with E-state index < -0.39 is 15.4 Å². The van der Waals surface area contributed by atoms with Crippen molar-refractivity contribution in [1.82, 2.24) is 0 Å². The lowest BCUT2D eigenvalue weighted by atomic mass is 10.0. The Morgan fingerprint density at radius 3 is 2.47 bits per heavy atom. The van der Waals surface area contributed by atoms with Gasteiger partial charge in [-0.2, -0.15) is 8.42 Å². The highest BCUT2D eigenvalue weighted by Gasteiger charge is 2.30. The molecular formula is C14H13NO3S. The zero-order valence-electron chi connectivity index (χ0n) is 10.0. The maximum absolute atomic E-state index is 11.3. The summed E-state index contributed by atoms with van der Waals surface area (Å²) in [4.78, 5) is 0. The maximum Gasteiger partial charge on any atom is 0.277 e. The molecule has 0 fully saturated rings. The van der Waals surface area contributed by atoms with Crippen LogP contribution in [0, 0.1) is 5.41 Å². The van der Waals surface area contributed by atoms with Crippen LogP contribution in [-0.2, 0) is 10.1 Å². The zero-order chi connectivity index (χ0) is 13.9. The summed E-state index contributed by atoms with van der Waals surface area (Å²) in [5.41, 5.74) is 1.15. The number of nitrogens with one attached hydrogen (secondary N) is 1. The van der Waals surface area contributed by atoms with E-state index in [0.717, 1.165) is 5.56 Å². The molecule has 4 nitrogen and oxygen atoms in total. The van der Waals surface area contributed by atoms with Crippen LogP contribution in [0.2, 0.25) is 0 Å². The first-order valence-corrected chi connectivity index (χ1v) is 7.15. The second kappa shape index (κ2) is 5.34. The van der Waals surface area contributed by atoms with Crippen LogP contribution in [0.4, 0.5) is 0 Å². The van der Waals surface area contributed by atoms with E-state index in [0.29, 0.717) is 5.57 Å². The summed E-state index contributed by atoms with van der Waals surface area (Å²) < 4.78 is 31.9. The van der Waals surface area contributed by atoms with Crippen molar-refractivity contribution < 1.29 is 13.0 Å². The molecule has 0 aromatic heterocycles. The van der Waals surface area contributed by atoms with E-state index in [1.165, 1.54) is 6.08 Å². The van der Waals surface area contributed by atoms with Crippen molar-refractivity contribution in [3.05, 3.63) is 65.8 Å². The van der Waals surface area contributed by atoms with Crippen molar-refractivity contribution in [3.63, 3.8) is 0 Å². The Hall–Kier alpha value is -1.98. The van der Waals surface area contributed by atoms with Crippen molar-refractivity contribution >= 4 is 21.9 Å².